The summed E-state index contributed by atoms with van der Waals surface area (Å²) in [5.41, 5.74) is 1.44. The maximum atomic E-state index is 12.7. The van der Waals surface area contributed by atoms with Gasteiger partial charge in [0, 0.05) is 18.7 Å². The topological polar surface area (TPSA) is 73.3 Å². The third-order valence-corrected chi connectivity index (χ3v) is 4.14. The van der Waals surface area contributed by atoms with Gasteiger partial charge in [-0.15, -0.1) is 24.0 Å². The van der Waals surface area contributed by atoms with Gasteiger partial charge in [-0.3, -0.25) is 0 Å². The van der Waals surface area contributed by atoms with Gasteiger partial charge in [0.05, 0.1) is 27.9 Å². The van der Waals surface area contributed by atoms with E-state index in [2.05, 4.69) is 20.4 Å². The molecule has 0 saturated carbocycles. The number of methoxy groups -OCH3 is 3. The Kier molecular flexibility index (Phi) is 11.8. The molecule has 0 saturated heterocycles. The summed E-state index contributed by atoms with van der Waals surface area (Å²) in [5, 5.41) is 6.25. The number of hydrogen-bond donors (Lipinski definition) is 2. The number of halogens is 3. The van der Waals surface area contributed by atoms with E-state index in [0.29, 0.717) is 41.9 Å². The highest BCUT2D eigenvalue weighted by Crippen LogP contribution is 2.28. The molecule has 0 heterocycles. The van der Waals surface area contributed by atoms with Crippen LogP contribution in [0.5, 0.6) is 23.0 Å². The molecule has 2 N–H and O–H groups in total. The molecule has 0 spiro atoms. The molecule has 0 amide bonds. The first-order valence-corrected chi connectivity index (χ1v) is 9.35. The molecule has 2 aromatic carbocycles. The van der Waals surface area contributed by atoms with Crippen LogP contribution in [0.15, 0.2) is 41.4 Å². The van der Waals surface area contributed by atoms with Gasteiger partial charge in [-0.25, -0.2) is 4.99 Å². The third kappa shape index (κ3) is 8.27. The van der Waals surface area contributed by atoms with Crippen molar-refractivity contribution in [3.8, 4) is 23.0 Å². The van der Waals surface area contributed by atoms with E-state index < -0.39 is 6.61 Å². The van der Waals surface area contributed by atoms with Crippen LogP contribution in [0, 0.1) is 0 Å². The zero-order valence-corrected chi connectivity index (χ0v) is 20.2. The second-order valence-electron chi connectivity index (χ2n) is 6.09. The highest BCUT2D eigenvalue weighted by molar-refractivity contribution is 14.0. The van der Waals surface area contributed by atoms with Crippen molar-refractivity contribution in [2.75, 3.05) is 27.9 Å². The molecule has 0 unspecified atom stereocenters. The molecule has 0 bridgehead atoms. The number of benzene rings is 2. The minimum absolute atomic E-state index is 0. The van der Waals surface area contributed by atoms with Gasteiger partial charge in [-0.2, -0.15) is 8.78 Å². The lowest BCUT2D eigenvalue weighted by Crippen LogP contribution is -2.36. The number of aliphatic imine (C=N–C) groups is 1. The van der Waals surface area contributed by atoms with Gasteiger partial charge in [0.2, 0.25) is 0 Å². The molecule has 7 nitrogen and oxygen atoms in total. The molecule has 2 rings (SSSR count). The fraction of sp³-hybridized carbons (Fsp3) is 0.381. The molecule has 0 radical (unpaired) electrons. The standard InChI is InChI=1S/C21H27F2N3O4.HI/c1-5-24-21(25-12-14-6-8-18(28-3)19(10-14)29-4)26-13-15-11-16(27-2)7-9-17(15)30-20(22)23;/h6-11,20H,5,12-13H2,1-4H3,(H2,24,25,26);1H. The van der Waals surface area contributed by atoms with Crippen LogP contribution >= 0.6 is 24.0 Å². The maximum absolute atomic E-state index is 12.7. The summed E-state index contributed by atoms with van der Waals surface area (Å²) < 4.78 is 45.7. The van der Waals surface area contributed by atoms with E-state index >= 15 is 0 Å². The molecule has 31 heavy (non-hydrogen) atoms. The molecule has 0 aliphatic rings. The van der Waals surface area contributed by atoms with Crippen molar-refractivity contribution in [1.29, 1.82) is 0 Å². The Balaban J connectivity index is 0.00000480. The summed E-state index contributed by atoms with van der Waals surface area (Å²) in [6, 6.07) is 10.2. The summed E-state index contributed by atoms with van der Waals surface area (Å²) in [6.45, 7) is 0.260. The van der Waals surface area contributed by atoms with E-state index in [1.54, 1.807) is 26.4 Å². The molecule has 0 aliphatic heterocycles. The van der Waals surface area contributed by atoms with Gasteiger partial charge in [0.15, 0.2) is 17.5 Å². The van der Waals surface area contributed by atoms with Crippen molar-refractivity contribution >= 4 is 29.9 Å². The second kappa shape index (κ2) is 13.7. The number of ether oxygens (including phenoxy) is 4. The highest BCUT2D eigenvalue weighted by atomic mass is 127. The first kappa shape index (κ1) is 26.5. The maximum Gasteiger partial charge on any atom is 0.387 e. The number of nitrogens with zero attached hydrogens (tertiary/aromatic N) is 1. The van der Waals surface area contributed by atoms with Gasteiger partial charge >= 0.3 is 6.61 Å². The normalized spacial score (nSPS) is 10.9. The van der Waals surface area contributed by atoms with Crippen LogP contribution in [-0.2, 0) is 13.1 Å². The summed E-state index contributed by atoms with van der Waals surface area (Å²) in [5.74, 6) is 2.40. The largest absolute Gasteiger partial charge is 0.497 e. The van der Waals surface area contributed by atoms with Crippen LogP contribution in [0.4, 0.5) is 8.78 Å². The fourth-order valence-electron chi connectivity index (χ4n) is 2.70. The van der Waals surface area contributed by atoms with Crippen molar-refractivity contribution in [3.05, 3.63) is 47.5 Å². The van der Waals surface area contributed by atoms with Crippen molar-refractivity contribution in [1.82, 2.24) is 10.6 Å². The molecule has 0 aromatic heterocycles. The van der Waals surface area contributed by atoms with Gasteiger partial charge in [0.1, 0.15) is 11.5 Å². The van der Waals surface area contributed by atoms with Crippen LogP contribution in [0.2, 0.25) is 0 Å². The first-order chi connectivity index (χ1) is 14.5. The quantitative estimate of drug-likeness (QED) is 0.262. The summed E-state index contributed by atoms with van der Waals surface area (Å²) in [7, 11) is 4.66. The van der Waals surface area contributed by atoms with Gasteiger partial charge < -0.3 is 29.6 Å². The molecular formula is C21H28F2IN3O4. The third-order valence-electron chi connectivity index (χ3n) is 4.14. The molecule has 0 fully saturated rings. The van der Waals surface area contributed by atoms with Crippen LogP contribution in [-0.4, -0.2) is 40.4 Å². The van der Waals surface area contributed by atoms with Gasteiger partial charge in [-0.1, -0.05) is 6.07 Å². The Morgan fingerprint density at radius 2 is 1.65 bits per heavy atom. The average molecular weight is 551 g/mol. The van der Waals surface area contributed by atoms with E-state index in [9.17, 15) is 8.78 Å². The number of rotatable bonds is 10. The predicted molar refractivity (Wildman–Crippen MR) is 126 cm³/mol. The molecule has 10 heteroatoms. The zero-order valence-electron chi connectivity index (χ0n) is 17.9. The van der Waals surface area contributed by atoms with Crippen LogP contribution < -0.4 is 29.6 Å². The minimum atomic E-state index is -2.91. The number of hydrogen-bond acceptors (Lipinski definition) is 5. The lowest BCUT2D eigenvalue weighted by Gasteiger charge is -2.15. The summed E-state index contributed by atoms with van der Waals surface area (Å²) in [4.78, 5) is 4.54. The van der Waals surface area contributed by atoms with Crippen LogP contribution in [0.25, 0.3) is 0 Å². The second-order valence-corrected chi connectivity index (χ2v) is 6.09. The van der Waals surface area contributed by atoms with Crippen molar-refractivity contribution in [3.63, 3.8) is 0 Å². The Labute approximate surface area is 198 Å². The average Bonchev–Trinajstić information content (AvgIpc) is 2.75. The number of guanidine groups is 1. The Hall–Kier alpha value is -2.50. The zero-order chi connectivity index (χ0) is 21.9. The minimum Gasteiger partial charge on any atom is -0.497 e. The molecular weight excluding hydrogens is 523 g/mol. The fourth-order valence-corrected chi connectivity index (χ4v) is 2.70. The predicted octanol–water partition coefficient (Wildman–Crippen LogP) is 4.19. The Morgan fingerprint density at radius 3 is 2.26 bits per heavy atom. The first-order valence-electron chi connectivity index (χ1n) is 9.35. The van der Waals surface area contributed by atoms with Crippen LogP contribution in [0.3, 0.4) is 0 Å². The van der Waals surface area contributed by atoms with Gasteiger partial charge in [0.25, 0.3) is 0 Å². The van der Waals surface area contributed by atoms with E-state index in [-0.39, 0.29) is 36.3 Å². The van der Waals surface area contributed by atoms with Crippen molar-refractivity contribution in [2.24, 2.45) is 4.99 Å². The lowest BCUT2D eigenvalue weighted by atomic mass is 10.2. The molecule has 2 aromatic rings. The Bertz CT molecular complexity index is 853. The van der Waals surface area contributed by atoms with E-state index in [0.717, 1.165) is 5.56 Å². The van der Waals surface area contributed by atoms with Crippen molar-refractivity contribution < 1.29 is 27.7 Å². The van der Waals surface area contributed by atoms with E-state index in [1.165, 1.54) is 13.2 Å². The number of alkyl halides is 2. The van der Waals surface area contributed by atoms with Gasteiger partial charge in [-0.05, 0) is 42.8 Å². The van der Waals surface area contributed by atoms with Crippen LogP contribution in [0.1, 0.15) is 18.1 Å². The molecule has 172 valence electrons. The number of nitrogens with one attached hydrogen (secondary N) is 2. The molecule has 0 atom stereocenters. The van der Waals surface area contributed by atoms with E-state index in [4.69, 9.17) is 14.2 Å². The SMILES string of the molecule is CCNC(=NCc1ccc(OC)c(OC)c1)NCc1cc(OC)ccc1OC(F)F.I. The monoisotopic (exact) mass is 551 g/mol. The smallest absolute Gasteiger partial charge is 0.387 e. The molecule has 0 aliphatic carbocycles. The summed E-state index contributed by atoms with van der Waals surface area (Å²) in [6.07, 6.45) is 0. The van der Waals surface area contributed by atoms with Crippen molar-refractivity contribution in [2.45, 2.75) is 26.6 Å². The summed E-state index contributed by atoms with van der Waals surface area (Å²) >= 11 is 0. The highest BCUT2D eigenvalue weighted by Gasteiger charge is 2.12. The van der Waals surface area contributed by atoms with E-state index in [1.807, 2.05) is 25.1 Å². The lowest BCUT2D eigenvalue weighted by molar-refractivity contribution is -0.0504. The Morgan fingerprint density at radius 1 is 0.935 bits per heavy atom.